The standard InChI is InChI=1S/C11H14F3N3O/c1-7-4-17(5-8(2)18-7)10-3-9(11(12,13)14)15-6-16-10/h3,6-8H,4-5H2,1-2H3. The van der Waals surface area contributed by atoms with Gasteiger partial charge in [0, 0.05) is 19.2 Å². The summed E-state index contributed by atoms with van der Waals surface area (Å²) in [6, 6.07) is 0.977. The molecule has 0 amide bonds. The smallest absolute Gasteiger partial charge is 0.372 e. The van der Waals surface area contributed by atoms with Gasteiger partial charge in [-0.2, -0.15) is 13.2 Å². The van der Waals surface area contributed by atoms with E-state index in [1.165, 1.54) is 0 Å². The van der Waals surface area contributed by atoms with Crippen LogP contribution >= 0.6 is 0 Å². The Hall–Kier alpha value is -1.37. The molecular weight excluding hydrogens is 247 g/mol. The minimum absolute atomic E-state index is 0.0296. The van der Waals surface area contributed by atoms with Crippen LogP contribution in [0.5, 0.6) is 0 Å². The summed E-state index contributed by atoms with van der Waals surface area (Å²) in [5, 5.41) is 0. The summed E-state index contributed by atoms with van der Waals surface area (Å²) in [4.78, 5) is 8.94. The van der Waals surface area contributed by atoms with E-state index in [0.717, 1.165) is 12.4 Å². The number of hydrogen-bond acceptors (Lipinski definition) is 4. The molecule has 2 atom stereocenters. The molecule has 0 spiro atoms. The molecule has 0 radical (unpaired) electrons. The number of morpholine rings is 1. The lowest BCUT2D eigenvalue weighted by atomic mass is 10.2. The molecule has 18 heavy (non-hydrogen) atoms. The second kappa shape index (κ2) is 4.72. The Morgan fingerprint density at radius 2 is 1.83 bits per heavy atom. The van der Waals surface area contributed by atoms with E-state index < -0.39 is 11.9 Å². The first-order valence-corrected chi connectivity index (χ1v) is 5.66. The van der Waals surface area contributed by atoms with Crippen molar-refractivity contribution in [3.05, 3.63) is 18.1 Å². The van der Waals surface area contributed by atoms with E-state index >= 15 is 0 Å². The van der Waals surface area contributed by atoms with Gasteiger partial charge in [-0.25, -0.2) is 9.97 Å². The molecule has 0 N–H and O–H groups in total. The Balaban J connectivity index is 2.23. The van der Waals surface area contributed by atoms with Gasteiger partial charge < -0.3 is 9.64 Å². The van der Waals surface area contributed by atoms with Gasteiger partial charge in [-0.05, 0) is 13.8 Å². The zero-order valence-corrected chi connectivity index (χ0v) is 10.1. The van der Waals surface area contributed by atoms with E-state index in [1.807, 2.05) is 13.8 Å². The van der Waals surface area contributed by atoms with Crippen LogP contribution in [0.15, 0.2) is 12.4 Å². The highest BCUT2D eigenvalue weighted by Gasteiger charge is 2.34. The van der Waals surface area contributed by atoms with Gasteiger partial charge in [0.25, 0.3) is 0 Å². The lowest BCUT2D eigenvalue weighted by Gasteiger charge is -2.36. The summed E-state index contributed by atoms with van der Waals surface area (Å²) in [5.41, 5.74) is -0.917. The van der Waals surface area contributed by atoms with Crippen LogP contribution in [-0.4, -0.2) is 35.3 Å². The quantitative estimate of drug-likeness (QED) is 0.776. The van der Waals surface area contributed by atoms with Crippen molar-refractivity contribution < 1.29 is 17.9 Å². The van der Waals surface area contributed by atoms with Crippen LogP contribution in [0.1, 0.15) is 19.5 Å². The largest absolute Gasteiger partial charge is 0.433 e. The van der Waals surface area contributed by atoms with Crippen LogP contribution in [0.4, 0.5) is 19.0 Å². The second-order valence-electron chi connectivity index (χ2n) is 4.42. The number of rotatable bonds is 1. The monoisotopic (exact) mass is 261 g/mol. The van der Waals surface area contributed by atoms with Crippen LogP contribution in [0.2, 0.25) is 0 Å². The molecule has 100 valence electrons. The number of anilines is 1. The number of alkyl halides is 3. The third-order valence-corrected chi connectivity index (χ3v) is 2.69. The van der Waals surface area contributed by atoms with Crippen LogP contribution in [-0.2, 0) is 10.9 Å². The maximum Gasteiger partial charge on any atom is 0.433 e. The minimum Gasteiger partial charge on any atom is -0.372 e. The average molecular weight is 261 g/mol. The van der Waals surface area contributed by atoms with Crippen molar-refractivity contribution in [2.75, 3.05) is 18.0 Å². The van der Waals surface area contributed by atoms with E-state index in [4.69, 9.17) is 4.74 Å². The first kappa shape index (κ1) is 13.1. The molecule has 2 rings (SSSR count). The van der Waals surface area contributed by atoms with Crippen molar-refractivity contribution in [2.45, 2.75) is 32.2 Å². The van der Waals surface area contributed by atoms with Gasteiger partial charge in [0.15, 0.2) is 0 Å². The fourth-order valence-electron chi connectivity index (χ4n) is 2.04. The Bertz CT molecular complexity index is 414. The van der Waals surface area contributed by atoms with Crippen molar-refractivity contribution in [1.29, 1.82) is 0 Å². The maximum atomic E-state index is 12.6. The third kappa shape index (κ3) is 2.90. The van der Waals surface area contributed by atoms with E-state index in [0.29, 0.717) is 18.9 Å². The zero-order valence-electron chi connectivity index (χ0n) is 10.1. The summed E-state index contributed by atoms with van der Waals surface area (Å²) in [6.07, 6.45) is -3.56. The number of aromatic nitrogens is 2. The summed E-state index contributed by atoms with van der Waals surface area (Å²) in [6.45, 7) is 4.82. The molecule has 1 aliphatic heterocycles. The molecule has 1 fully saturated rings. The lowest BCUT2D eigenvalue weighted by Crippen LogP contribution is -2.45. The lowest BCUT2D eigenvalue weighted by molar-refractivity contribution is -0.141. The summed E-state index contributed by atoms with van der Waals surface area (Å²) in [5.74, 6) is 0.291. The molecule has 1 aromatic rings. The molecule has 0 bridgehead atoms. The summed E-state index contributed by atoms with van der Waals surface area (Å²) >= 11 is 0. The first-order valence-electron chi connectivity index (χ1n) is 5.66. The molecule has 2 heterocycles. The molecule has 0 aromatic carbocycles. The predicted octanol–water partition coefficient (Wildman–Crippen LogP) is 2.11. The Morgan fingerprint density at radius 3 is 2.39 bits per heavy atom. The number of nitrogens with zero attached hydrogens (tertiary/aromatic N) is 3. The molecular formula is C11H14F3N3O. The summed E-state index contributed by atoms with van der Waals surface area (Å²) in [7, 11) is 0. The molecule has 7 heteroatoms. The Kier molecular flexibility index (Phi) is 3.43. The fraction of sp³-hybridized carbons (Fsp3) is 0.636. The van der Waals surface area contributed by atoms with E-state index in [-0.39, 0.29) is 12.2 Å². The van der Waals surface area contributed by atoms with E-state index in [2.05, 4.69) is 9.97 Å². The predicted molar refractivity (Wildman–Crippen MR) is 59.3 cm³/mol. The highest BCUT2D eigenvalue weighted by atomic mass is 19.4. The molecule has 0 aliphatic carbocycles. The van der Waals surface area contributed by atoms with Gasteiger partial charge in [0.05, 0.1) is 12.2 Å². The van der Waals surface area contributed by atoms with Crippen molar-refractivity contribution >= 4 is 5.82 Å². The van der Waals surface area contributed by atoms with E-state index in [9.17, 15) is 13.2 Å². The van der Waals surface area contributed by atoms with Crippen molar-refractivity contribution in [1.82, 2.24) is 9.97 Å². The van der Waals surface area contributed by atoms with Gasteiger partial charge in [-0.3, -0.25) is 0 Å². The molecule has 0 saturated carbocycles. The SMILES string of the molecule is CC1CN(c2cc(C(F)(F)F)ncn2)CC(C)O1. The van der Waals surface area contributed by atoms with Crippen molar-refractivity contribution in [3.63, 3.8) is 0 Å². The molecule has 1 aromatic heterocycles. The molecule has 1 aliphatic rings. The number of halogens is 3. The number of ether oxygens (including phenoxy) is 1. The normalized spacial score (nSPS) is 25.3. The third-order valence-electron chi connectivity index (χ3n) is 2.69. The van der Waals surface area contributed by atoms with Crippen molar-refractivity contribution in [2.24, 2.45) is 0 Å². The Labute approximate surface area is 103 Å². The van der Waals surface area contributed by atoms with Gasteiger partial charge >= 0.3 is 6.18 Å². The Morgan fingerprint density at radius 1 is 1.22 bits per heavy atom. The molecule has 1 saturated heterocycles. The van der Waals surface area contributed by atoms with Crippen LogP contribution < -0.4 is 4.90 Å². The number of hydrogen-bond donors (Lipinski definition) is 0. The zero-order chi connectivity index (χ0) is 13.3. The van der Waals surface area contributed by atoms with Gasteiger partial charge in [0.1, 0.15) is 17.8 Å². The van der Waals surface area contributed by atoms with Crippen LogP contribution in [0.25, 0.3) is 0 Å². The van der Waals surface area contributed by atoms with Crippen LogP contribution in [0.3, 0.4) is 0 Å². The van der Waals surface area contributed by atoms with Crippen molar-refractivity contribution in [3.8, 4) is 0 Å². The van der Waals surface area contributed by atoms with Gasteiger partial charge in [-0.1, -0.05) is 0 Å². The van der Waals surface area contributed by atoms with Gasteiger partial charge in [-0.15, -0.1) is 0 Å². The summed E-state index contributed by atoms with van der Waals surface area (Å²) < 4.78 is 43.2. The van der Waals surface area contributed by atoms with Gasteiger partial charge in [0.2, 0.25) is 0 Å². The molecule has 4 nitrogen and oxygen atoms in total. The molecule has 2 unspecified atom stereocenters. The van der Waals surface area contributed by atoms with Crippen LogP contribution in [0, 0.1) is 0 Å². The van der Waals surface area contributed by atoms with E-state index in [1.54, 1.807) is 4.90 Å². The maximum absolute atomic E-state index is 12.6. The topological polar surface area (TPSA) is 38.2 Å². The minimum atomic E-state index is -4.44. The second-order valence-corrected chi connectivity index (χ2v) is 4.42. The first-order chi connectivity index (χ1) is 8.36. The highest BCUT2D eigenvalue weighted by Crippen LogP contribution is 2.29. The average Bonchev–Trinajstić information content (AvgIpc) is 2.27. The fourth-order valence-corrected chi connectivity index (χ4v) is 2.04. The highest BCUT2D eigenvalue weighted by molar-refractivity contribution is 5.40.